The number of carbonyl (C=O) groups is 2. The summed E-state index contributed by atoms with van der Waals surface area (Å²) in [5.74, 6) is -1.49. The van der Waals surface area contributed by atoms with Crippen molar-refractivity contribution in [3.63, 3.8) is 0 Å². The van der Waals surface area contributed by atoms with Crippen LogP contribution in [0.3, 0.4) is 0 Å². The summed E-state index contributed by atoms with van der Waals surface area (Å²) in [5.41, 5.74) is 0.617. The van der Waals surface area contributed by atoms with E-state index in [-0.39, 0.29) is 23.4 Å². The topological polar surface area (TPSA) is 65.8 Å². The van der Waals surface area contributed by atoms with Gasteiger partial charge in [0.25, 0.3) is 5.91 Å². The molecule has 2 aromatic rings. The molecule has 29 heavy (non-hydrogen) atoms. The first-order chi connectivity index (χ1) is 13.8. The van der Waals surface area contributed by atoms with Crippen molar-refractivity contribution >= 4 is 17.5 Å². The van der Waals surface area contributed by atoms with Gasteiger partial charge in [0.05, 0.1) is 0 Å². The molecule has 1 N–H and O–H groups in total. The maximum atomic E-state index is 12.9. The van der Waals surface area contributed by atoms with Gasteiger partial charge in [-0.1, -0.05) is 0 Å². The van der Waals surface area contributed by atoms with Gasteiger partial charge in [-0.3, -0.25) is 9.59 Å². The van der Waals surface area contributed by atoms with Crippen molar-refractivity contribution in [2.45, 2.75) is 25.1 Å². The lowest BCUT2D eigenvalue weighted by Crippen LogP contribution is -2.41. The molecule has 0 atom stereocenters. The summed E-state index contributed by atoms with van der Waals surface area (Å²) in [6.07, 6.45) is -3.02. The minimum atomic E-state index is -4.95. The van der Waals surface area contributed by atoms with Gasteiger partial charge in [-0.15, -0.1) is 0 Å². The van der Waals surface area contributed by atoms with Crippen LogP contribution >= 0.6 is 0 Å². The number of fused-ring (bicyclic) bond motifs is 4. The number of anilines is 1. The van der Waals surface area contributed by atoms with Gasteiger partial charge in [-0.2, -0.15) is 13.2 Å². The maximum absolute atomic E-state index is 12.9. The van der Waals surface area contributed by atoms with Gasteiger partial charge in [0.1, 0.15) is 5.76 Å². The zero-order chi connectivity index (χ0) is 20.6. The first kappa shape index (κ1) is 19.5. The Morgan fingerprint density at radius 2 is 1.66 bits per heavy atom. The van der Waals surface area contributed by atoms with E-state index in [9.17, 15) is 22.8 Å². The van der Waals surface area contributed by atoms with Crippen LogP contribution in [0.15, 0.2) is 40.8 Å². The van der Waals surface area contributed by atoms with E-state index in [0.717, 1.165) is 32.5 Å². The van der Waals surface area contributed by atoms with Crippen LogP contribution in [0.1, 0.15) is 23.4 Å². The highest BCUT2D eigenvalue weighted by molar-refractivity contribution is 5.95. The first-order valence-electron chi connectivity index (χ1n) is 9.43. The summed E-state index contributed by atoms with van der Waals surface area (Å²) in [5, 5.41) is 1.79. The highest BCUT2D eigenvalue weighted by Crippen LogP contribution is 2.27. The second kappa shape index (κ2) is 7.55. The number of nitrogens with one attached hydrogen (secondary N) is 1. The number of amides is 2. The third-order valence-electron chi connectivity index (χ3n) is 5.42. The Balaban J connectivity index is 1.46. The van der Waals surface area contributed by atoms with Crippen molar-refractivity contribution in [3.05, 3.63) is 42.2 Å². The summed E-state index contributed by atoms with van der Waals surface area (Å²) in [6.45, 7) is 3.55. The van der Waals surface area contributed by atoms with E-state index in [4.69, 9.17) is 4.42 Å². The van der Waals surface area contributed by atoms with Crippen molar-refractivity contribution in [2.75, 3.05) is 31.5 Å². The van der Waals surface area contributed by atoms with E-state index in [2.05, 4.69) is 4.90 Å². The number of carbonyl (C=O) groups excluding carboxylic acids is 2. The van der Waals surface area contributed by atoms with Gasteiger partial charge < -0.3 is 19.5 Å². The number of benzene rings is 1. The van der Waals surface area contributed by atoms with E-state index < -0.39 is 12.1 Å². The fourth-order valence-electron chi connectivity index (χ4n) is 3.82. The SMILES string of the molecule is O=C(c1ccc(-c2ccc(NC(=O)C(F)(F)F)cc2)o1)N1CCN2CCC1CC2. The van der Waals surface area contributed by atoms with Crippen LogP contribution in [-0.2, 0) is 4.79 Å². The minimum Gasteiger partial charge on any atom is -0.451 e. The zero-order valence-corrected chi connectivity index (χ0v) is 15.5. The van der Waals surface area contributed by atoms with Gasteiger partial charge in [0, 0.05) is 43.5 Å². The summed E-state index contributed by atoms with van der Waals surface area (Å²) >= 11 is 0. The first-order valence-corrected chi connectivity index (χ1v) is 9.43. The summed E-state index contributed by atoms with van der Waals surface area (Å²) in [7, 11) is 0. The monoisotopic (exact) mass is 407 g/mol. The molecule has 9 heteroatoms. The molecule has 0 aliphatic carbocycles. The van der Waals surface area contributed by atoms with Crippen molar-refractivity contribution in [2.24, 2.45) is 0 Å². The summed E-state index contributed by atoms with van der Waals surface area (Å²) < 4.78 is 42.7. The molecule has 5 rings (SSSR count). The Labute approximate surface area is 165 Å². The number of piperidine rings is 1. The fourth-order valence-corrected chi connectivity index (χ4v) is 3.82. The molecule has 0 spiro atoms. The molecule has 3 aliphatic heterocycles. The fraction of sp³-hybridized carbons (Fsp3) is 0.400. The molecular formula is C20H20F3N3O3. The maximum Gasteiger partial charge on any atom is 0.471 e. The van der Waals surface area contributed by atoms with E-state index >= 15 is 0 Å². The van der Waals surface area contributed by atoms with Gasteiger partial charge >= 0.3 is 12.1 Å². The van der Waals surface area contributed by atoms with Crippen LogP contribution < -0.4 is 5.32 Å². The number of nitrogens with zero attached hydrogens (tertiary/aromatic N) is 2. The van der Waals surface area contributed by atoms with Crippen LogP contribution in [0.4, 0.5) is 18.9 Å². The van der Waals surface area contributed by atoms with E-state index in [1.165, 1.54) is 24.3 Å². The van der Waals surface area contributed by atoms with Crippen molar-refractivity contribution in [3.8, 4) is 11.3 Å². The molecule has 2 bridgehead atoms. The Kier molecular flexibility index (Phi) is 5.08. The second-order valence-corrected chi connectivity index (χ2v) is 7.26. The Bertz CT molecular complexity index is 900. The van der Waals surface area contributed by atoms with E-state index in [1.54, 1.807) is 17.4 Å². The van der Waals surface area contributed by atoms with Crippen LogP contribution in [0.5, 0.6) is 0 Å². The van der Waals surface area contributed by atoms with E-state index in [0.29, 0.717) is 17.9 Å². The lowest BCUT2D eigenvalue weighted by atomic mass is 10.1. The number of rotatable bonds is 3. The Morgan fingerprint density at radius 3 is 2.31 bits per heavy atom. The summed E-state index contributed by atoms with van der Waals surface area (Å²) in [4.78, 5) is 28.1. The molecule has 1 aromatic heterocycles. The second-order valence-electron chi connectivity index (χ2n) is 7.26. The lowest BCUT2D eigenvalue weighted by Gasteiger charge is -2.30. The predicted molar refractivity (Wildman–Crippen MR) is 99.3 cm³/mol. The van der Waals surface area contributed by atoms with Crippen molar-refractivity contribution in [1.82, 2.24) is 9.80 Å². The summed E-state index contributed by atoms with van der Waals surface area (Å²) in [6, 6.07) is 9.27. The molecule has 0 unspecified atom stereocenters. The molecule has 154 valence electrons. The quantitative estimate of drug-likeness (QED) is 0.847. The predicted octanol–water partition coefficient (Wildman–Crippen LogP) is 3.37. The van der Waals surface area contributed by atoms with E-state index in [1.807, 2.05) is 4.90 Å². The van der Waals surface area contributed by atoms with Crippen LogP contribution in [0.25, 0.3) is 11.3 Å². The molecule has 6 nitrogen and oxygen atoms in total. The van der Waals surface area contributed by atoms with Crippen LogP contribution in [0, 0.1) is 0 Å². The number of hydrogen-bond donors (Lipinski definition) is 1. The normalized spacial score (nSPS) is 21.7. The Hall–Kier alpha value is -2.81. The number of furan rings is 1. The molecule has 0 saturated carbocycles. The minimum absolute atomic E-state index is 0.0225. The van der Waals surface area contributed by atoms with Gasteiger partial charge in [0.15, 0.2) is 5.76 Å². The average molecular weight is 407 g/mol. The molecular weight excluding hydrogens is 387 g/mol. The molecule has 3 fully saturated rings. The molecule has 2 amide bonds. The lowest BCUT2D eigenvalue weighted by molar-refractivity contribution is -0.167. The Morgan fingerprint density at radius 1 is 0.966 bits per heavy atom. The van der Waals surface area contributed by atoms with Crippen molar-refractivity contribution < 1.29 is 27.2 Å². The number of halogens is 3. The smallest absolute Gasteiger partial charge is 0.451 e. The van der Waals surface area contributed by atoms with Crippen LogP contribution in [-0.4, -0.2) is 60.0 Å². The largest absolute Gasteiger partial charge is 0.471 e. The molecule has 4 heterocycles. The van der Waals surface area contributed by atoms with Gasteiger partial charge in [0.2, 0.25) is 0 Å². The standard InChI is InChI=1S/C20H20F3N3O3/c21-20(22,23)19(28)24-14-3-1-13(2-4-14)16-5-6-17(29-16)18(27)26-12-11-25-9-7-15(26)8-10-25/h1-6,15H,7-12H2,(H,24,28). The van der Waals surface area contributed by atoms with Gasteiger partial charge in [-0.05, 0) is 49.2 Å². The van der Waals surface area contributed by atoms with Crippen LogP contribution in [0.2, 0.25) is 0 Å². The average Bonchev–Trinajstić information content (AvgIpc) is 3.00. The zero-order valence-electron chi connectivity index (χ0n) is 15.5. The third-order valence-corrected chi connectivity index (χ3v) is 5.42. The third kappa shape index (κ3) is 4.14. The highest BCUT2D eigenvalue weighted by atomic mass is 19.4. The molecule has 3 saturated heterocycles. The number of alkyl halides is 3. The molecule has 0 radical (unpaired) electrons. The van der Waals surface area contributed by atoms with Gasteiger partial charge in [-0.25, -0.2) is 0 Å². The molecule has 3 aliphatic rings. The van der Waals surface area contributed by atoms with Crippen molar-refractivity contribution in [1.29, 1.82) is 0 Å². The molecule has 1 aromatic carbocycles. The highest BCUT2D eigenvalue weighted by Gasteiger charge is 2.38. The number of hydrogen-bond acceptors (Lipinski definition) is 4.